The van der Waals surface area contributed by atoms with Crippen LogP contribution in [0.25, 0.3) is 0 Å². The number of aryl methyl sites for hydroxylation is 1. The standard InChI is InChI=1S/C18H22BrN3/c1-14-11-17(19)18(20-12-14)21-16-7-9-22(10-8-16)13-15-5-3-2-4-6-15/h2-6,11-12,16H,7-10,13H2,1H3,(H,20,21). The van der Waals surface area contributed by atoms with Crippen LogP contribution in [0, 0.1) is 6.92 Å². The predicted octanol–water partition coefficient (Wildman–Crippen LogP) is 4.23. The lowest BCUT2D eigenvalue weighted by Gasteiger charge is -2.32. The Balaban J connectivity index is 1.51. The second kappa shape index (κ2) is 7.25. The van der Waals surface area contributed by atoms with Crippen molar-refractivity contribution in [3.63, 3.8) is 0 Å². The van der Waals surface area contributed by atoms with E-state index in [-0.39, 0.29) is 0 Å². The van der Waals surface area contributed by atoms with Gasteiger partial charge in [0.25, 0.3) is 0 Å². The third-order valence-electron chi connectivity index (χ3n) is 4.16. The van der Waals surface area contributed by atoms with Crippen LogP contribution in [0.15, 0.2) is 47.1 Å². The lowest BCUT2D eigenvalue weighted by Crippen LogP contribution is -2.38. The number of hydrogen-bond donors (Lipinski definition) is 1. The van der Waals surface area contributed by atoms with Gasteiger partial charge in [-0.2, -0.15) is 0 Å². The molecule has 1 N–H and O–H groups in total. The van der Waals surface area contributed by atoms with Crippen molar-refractivity contribution in [3.8, 4) is 0 Å². The lowest BCUT2D eigenvalue weighted by molar-refractivity contribution is 0.211. The topological polar surface area (TPSA) is 28.2 Å². The molecule has 4 heteroatoms. The maximum Gasteiger partial charge on any atom is 0.140 e. The summed E-state index contributed by atoms with van der Waals surface area (Å²) in [6, 6.07) is 13.3. The third kappa shape index (κ3) is 4.08. The maximum absolute atomic E-state index is 4.49. The van der Waals surface area contributed by atoms with Gasteiger partial charge in [0.1, 0.15) is 5.82 Å². The van der Waals surface area contributed by atoms with Crippen molar-refractivity contribution in [2.45, 2.75) is 32.4 Å². The lowest BCUT2D eigenvalue weighted by atomic mass is 10.0. The summed E-state index contributed by atoms with van der Waals surface area (Å²) in [6.07, 6.45) is 4.24. The highest BCUT2D eigenvalue weighted by Crippen LogP contribution is 2.24. The zero-order valence-electron chi connectivity index (χ0n) is 12.9. The van der Waals surface area contributed by atoms with Gasteiger partial charge in [0.05, 0.1) is 4.47 Å². The van der Waals surface area contributed by atoms with Crippen LogP contribution in [-0.2, 0) is 6.54 Å². The Morgan fingerprint density at radius 2 is 1.95 bits per heavy atom. The van der Waals surface area contributed by atoms with E-state index in [0.717, 1.165) is 42.8 Å². The SMILES string of the molecule is Cc1cnc(NC2CCN(Cc3ccccc3)CC2)c(Br)c1. The van der Waals surface area contributed by atoms with E-state index >= 15 is 0 Å². The van der Waals surface area contributed by atoms with Gasteiger partial charge in [-0.15, -0.1) is 0 Å². The Labute approximate surface area is 140 Å². The van der Waals surface area contributed by atoms with E-state index in [0.29, 0.717) is 6.04 Å². The minimum atomic E-state index is 0.513. The Morgan fingerprint density at radius 1 is 1.23 bits per heavy atom. The van der Waals surface area contributed by atoms with Crippen LogP contribution in [-0.4, -0.2) is 29.0 Å². The first kappa shape index (κ1) is 15.5. The number of pyridine rings is 1. The molecule has 2 heterocycles. The van der Waals surface area contributed by atoms with Gasteiger partial charge < -0.3 is 5.32 Å². The largest absolute Gasteiger partial charge is 0.366 e. The molecular formula is C18H22BrN3. The molecule has 0 bridgehead atoms. The van der Waals surface area contributed by atoms with Crippen molar-refractivity contribution in [1.82, 2.24) is 9.88 Å². The molecule has 0 radical (unpaired) electrons. The highest BCUT2D eigenvalue weighted by atomic mass is 79.9. The molecule has 1 aliphatic heterocycles. The van der Waals surface area contributed by atoms with Crippen LogP contribution in [0.2, 0.25) is 0 Å². The Hall–Kier alpha value is -1.39. The number of halogens is 1. The van der Waals surface area contributed by atoms with Crippen molar-refractivity contribution >= 4 is 21.7 Å². The van der Waals surface area contributed by atoms with Crippen LogP contribution >= 0.6 is 15.9 Å². The van der Waals surface area contributed by atoms with Crippen molar-refractivity contribution in [3.05, 3.63) is 58.2 Å². The molecule has 3 rings (SSSR count). The Kier molecular flexibility index (Phi) is 5.11. The molecule has 0 saturated carbocycles. The number of hydrogen-bond acceptors (Lipinski definition) is 3. The first-order valence-corrected chi connectivity index (χ1v) is 8.65. The third-order valence-corrected chi connectivity index (χ3v) is 4.76. The minimum absolute atomic E-state index is 0.513. The average Bonchev–Trinajstić information content (AvgIpc) is 2.53. The van der Waals surface area contributed by atoms with Crippen LogP contribution < -0.4 is 5.32 Å². The fourth-order valence-electron chi connectivity index (χ4n) is 2.91. The summed E-state index contributed by atoms with van der Waals surface area (Å²) >= 11 is 3.59. The molecule has 0 atom stereocenters. The number of nitrogens with one attached hydrogen (secondary N) is 1. The molecule has 22 heavy (non-hydrogen) atoms. The van der Waals surface area contributed by atoms with Crippen LogP contribution in [0.4, 0.5) is 5.82 Å². The van der Waals surface area contributed by atoms with Gasteiger partial charge in [-0.05, 0) is 52.9 Å². The molecule has 3 nitrogen and oxygen atoms in total. The number of benzene rings is 1. The second-order valence-corrected chi connectivity index (χ2v) is 6.88. The zero-order valence-corrected chi connectivity index (χ0v) is 14.5. The summed E-state index contributed by atoms with van der Waals surface area (Å²) in [5.74, 6) is 0.965. The fraction of sp³-hybridized carbons (Fsp3) is 0.389. The van der Waals surface area contributed by atoms with Gasteiger partial charge >= 0.3 is 0 Å². The molecule has 0 spiro atoms. The highest BCUT2D eigenvalue weighted by Gasteiger charge is 2.20. The van der Waals surface area contributed by atoms with Crippen LogP contribution in [0.1, 0.15) is 24.0 Å². The van der Waals surface area contributed by atoms with E-state index in [4.69, 9.17) is 0 Å². The number of anilines is 1. The van der Waals surface area contributed by atoms with E-state index in [1.165, 1.54) is 11.1 Å². The summed E-state index contributed by atoms with van der Waals surface area (Å²) in [6.45, 7) is 5.38. The first-order valence-electron chi connectivity index (χ1n) is 7.85. The minimum Gasteiger partial charge on any atom is -0.366 e. The van der Waals surface area contributed by atoms with Gasteiger partial charge in [-0.1, -0.05) is 30.3 Å². The average molecular weight is 360 g/mol. The number of piperidine rings is 1. The smallest absolute Gasteiger partial charge is 0.140 e. The Morgan fingerprint density at radius 3 is 2.64 bits per heavy atom. The maximum atomic E-state index is 4.49. The van der Waals surface area contributed by atoms with Crippen LogP contribution in [0.3, 0.4) is 0 Å². The molecule has 2 aromatic rings. The van der Waals surface area contributed by atoms with E-state index in [2.05, 4.69) is 74.5 Å². The van der Waals surface area contributed by atoms with Crippen molar-refractivity contribution in [1.29, 1.82) is 0 Å². The van der Waals surface area contributed by atoms with E-state index in [9.17, 15) is 0 Å². The molecule has 0 amide bonds. The summed E-state index contributed by atoms with van der Waals surface area (Å²) in [5, 5.41) is 3.58. The summed E-state index contributed by atoms with van der Waals surface area (Å²) < 4.78 is 1.05. The quantitative estimate of drug-likeness (QED) is 0.885. The van der Waals surface area contributed by atoms with Gasteiger partial charge in [-0.25, -0.2) is 4.98 Å². The summed E-state index contributed by atoms with van der Waals surface area (Å²) in [5.41, 5.74) is 2.58. The Bertz CT molecular complexity index is 607. The summed E-state index contributed by atoms with van der Waals surface area (Å²) in [4.78, 5) is 7.02. The molecule has 0 unspecified atom stereocenters. The summed E-state index contributed by atoms with van der Waals surface area (Å²) in [7, 11) is 0. The van der Waals surface area contributed by atoms with Gasteiger partial charge in [0.2, 0.25) is 0 Å². The van der Waals surface area contributed by atoms with Gasteiger partial charge in [0, 0.05) is 31.9 Å². The molecule has 1 fully saturated rings. The second-order valence-electron chi connectivity index (χ2n) is 6.02. The fourth-order valence-corrected chi connectivity index (χ4v) is 3.49. The molecule has 1 saturated heterocycles. The molecule has 0 aliphatic carbocycles. The van der Waals surface area contributed by atoms with E-state index in [1.54, 1.807) is 0 Å². The van der Waals surface area contributed by atoms with Crippen molar-refractivity contribution in [2.75, 3.05) is 18.4 Å². The van der Waals surface area contributed by atoms with Gasteiger partial charge in [-0.3, -0.25) is 4.90 Å². The molecular weight excluding hydrogens is 338 g/mol. The first-order chi connectivity index (χ1) is 10.7. The van der Waals surface area contributed by atoms with E-state index in [1.807, 2.05) is 6.20 Å². The number of likely N-dealkylation sites (tertiary alicyclic amines) is 1. The van der Waals surface area contributed by atoms with Crippen molar-refractivity contribution < 1.29 is 0 Å². The van der Waals surface area contributed by atoms with Crippen molar-refractivity contribution in [2.24, 2.45) is 0 Å². The predicted molar refractivity (Wildman–Crippen MR) is 95.0 cm³/mol. The van der Waals surface area contributed by atoms with Crippen LogP contribution in [0.5, 0.6) is 0 Å². The highest BCUT2D eigenvalue weighted by molar-refractivity contribution is 9.10. The number of rotatable bonds is 4. The van der Waals surface area contributed by atoms with E-state index < -0.39 is 0 Å². The zero-order chi connectivity index (χ0) is 15.4. The molecule has 1 aliphatic rings. The van der Waals surface area contributed by atoms with Gasteiger partial charge in [0.15, 0.2) is 0 Å². The monoisotopic (exact) mass is 359 g/mol. The molecule has 116 valence electrons. The molecule has 1 aromatic carbocycles. The normalized spacial score (nSPS) is 16.6. The number of aromatic nitrogens is 1. The number of nitrogens with zero attached hydrogens (tertiary/aromatic N) is 2. The molecule has 1 aromatic heterocycles.